The molecule has 0 aliphatic heterocycles. The lowest BCUT2D eigenvalue weighted by atomic mass is 10.3. The summed E-state index contributed by atoms with van der Waals surface area (Å²) in [4.78, 5) is 3.78. The van der Waals surface area contributed by atoms with E-state index in [-0.39, 0.29) is 17.5 Å². The van der Waals surface area contributed by atoms with Gasteiger partial charge in [0, 0.05) is 6.54 Å². The zero-order valence-corrected chi connectivity index (χ0v) is 15.9. The van der Waals surface area contributed by atoms with Crippen molar-refractivity contribution in [3.63, 3.8) is 0 Å². The molecule has 0 aliphatic rings. The molecule has 0 fully saturated rings. The first-order valence-electron chi connectivity index (χ1n) is 7.45. The smallest absolute Gasteiger partial charge is 0.264 e. The normalized spacial score (nSPS) is 10.8. The van der Waals surface area contributed by atoms with Crippen molar-refractivity contribution in [2.45, 2.75) is 25.7 Å². The van der Waals surface area contributed by atoms with Crippen LogP contribution in [0, 0.1) is 0 Å². The summed E-state index contributed by atoms with van der Waals surface area (Å²) in [6.07, 6.45) is 2.59. The van der Waals surface area contributed by atoms with Gasteiger partial charge < -0.3 is 28.7 Å². The van der Waals surface area contributed by atoms with Gasteiger partial charge in [0.15, 0.2) is 5.96 Å². The lowest BCUT2D eigenvalue weighted by molar-refractivity contribution is 0.479. The molecule has 25 heavy (non-hydrogen) atoms. The highest BCUT2D eigenvalue weighted by molar-refractivity contribution is 7.86. The molecule has 0 atom stereocenters. The van der Waals surface area contributed by atoms with E-state index in [1.54, 1.807) is 0 Å². The van der Waals surface area contributed by atoms with Crippen LogP contribution in [0.1, 0.15) is 25.7 Å². The van der Waals surface area contributed by atoms with Crippen LogP contribution >= 0.6 is 0 Å². The molecule has 0 aromatic heterocycles. The van der Waals surface area contributed by atoms with Crippen LogP contribution < -0.4 is 28.7 Å². The minimum atomic E-state index is -3.77. The van der Waals surface area contributed by atoms with Crippen LogP contribution in [0.3, 0.4) is 0 Å². The second kappa shape index (κ2) is 17.8. The van der Waals surface area contributed by atoms with Gasteiger partial charge in [0.2, 0.25) is 0 Å². The minimum Gasteiger partial charge on any atom is -0.370 e. The van der Waals surface area contributed by atoms with E-state index in [9.17, 15) is 16.8 Å². The molecule has 0 aromatic carbocycles. The number of nitrogens with zero attached hydrogens (tertiary/aromatic N) is 1. The molecule has 0 unspecified atom stereocenters. The fraction of sp³-hybridized carbons (Fsp3) is 0.909. The molecular weight excluding hydrogens is 376 g/mol. The Morgan fingerprint density at radius 1 is 0.720 bits per heavy atom. The highest BCUT2D eigenvalue weighted by Crippen LogP contribution is 1.85. The van der Waals surface area contributed by atoms with Crippen LogP contribution in [0.5, 0.6) is 0 Å². The van der Waals surface area contributed by atoms with Gasteiger partial charge in [0.1, 0.15) is 0 Å². The second-order valence-corrected chi connectivity index (χ2v) is 7.80. The van der Waals surface area contributed by atoms with Crippen molar-refractivity contribution in [3.8, 4) is 0 Å². The molecule has 0 saturated carbocycles. The number of guanidine groups is 1. The van der Waals surface area contributed by atoms with Gasteiger partial charge >= 0.3 is 0 Å². The van der Waals surface area contributed by atoms with Crippen molar-refractivity contribution < 1.29 is 25.9 Å². The Hall–Kier alpha value is -1.03. The number of rotatable bonds is 10. The topological polar surface area (TPSA) is 251 Å². The SMILES string of the molecule is NCCCCN=C(N)N.NCCCS(=O)(=O)O.NCCCS(=O)(=O)O. The van der Waals surface area contributed by atoms with E-state index in [0.29, 0.717) is 39.0 Å². The monoisotopic (exact) mass is 408 g/mol. The maximum Gasteiger partial charge on any atom is 0.264 e. The summed E-state index contributed by atoms with van der Waals surface area (Å²) in [7, 11) is -7.53. The lowest BCUT2D eigenvalue weighted by Gasteiger charge is -1.92. The van der Waals surface area contributed by atoms with Crippen LogP contribution in [0.25, 0.3) is 0 Å². The summed E-state index contributed by atoms with van der Waals surface area (Å²) < 4.78 is 55.7. The first kappa shape index (κ1) is 28.8. The Morgan fingerprint density at radius 2 is 1.08 bits per heavy atom. The summed E-state index contributed by atoms with van der Waals surface area (Å²) in [5, 5.41) is 0. The van der Waals surface area contributed by atoms with Crippen molar-refractivity contribution in [2.75, 3.05) is 37.7 Å². The van der Waals surface area contributed by atoms with Crippen LogP contribution in [0.2, 0.25) is 0 Å². The Balaban J connectivity index is -0.000000291. The van der Waals surface area contributed by atoms with Gasteiger partial charge in [0.05, 0.1) is 11.5 Å². The number of hydrogen-bond acceptors (Lipinski definition) is 8. The molecule has 0 bridgehead atoms. The van der Waals surface area contributed by atoms with Crippen molar-refractivity contribution >= 4 is 26.2 Å². The Labute approximate surface area is 149 Å². The number of hydrogen-bond donors (Lipinski definition) is 7. The van der Waals surface area contributed by atoms with Gasteiger partial charge in [0.25, 0.3) is 20.2 Å². The molecule has 12 N–H and O–H groups in total. The molecule has 0 spiro atoms. The Morgan fingerprint density at radius 3 is 1.28 bits per heavy atom. The average molecular weight is 409 g/mol. The van der Waals surface area contributed by atoms with Crippen LogP contribution in [-0.2, 0) is 20.2 Å². The van der Waals surface area contributed by atoms with E-state index in [0.717, 1.165) is 12.8 Å². The molecule has 0 saturated heterocycles. The minimum absolute atomic E-state index is 0.159. The van der Waals surface area contributed by atoms with Crippen molar-refractivity contribution in [3.05, 3.63) is 0 Å². The zero-order valence-electron chi connectivity index (χ0n) is 14.2. The molecule has 14 heteroatoms. The van der Waals surface area contributed by atoms with Crippen LogP contribution in [-0.4, -0.2) is 69.6 Å². The summed E-state index contributed by atoms with van der Waals surface area (Å²) in [5.41, 5.74) is 25.3. The molecule has 154 valence electrons. The molecular formula is C11H32N6O6S2. The summed E-state index contributed by atoms with van der Waals surface area (Å²) in [5.74, 6) is -0.306. The highest BCUT2D eigenvalue weighted by atomic mass is 32.2. The standard InChI is InChI=1S/C5H14N4.2C3H9NO3S/c6-3-1-2-4-9-5(7)8;2*4-2-1-3-8(5,6)7/h1-4,6H2,(H4,7,8,9);2*1-4H2,(H,5,6,7). The molecule has 0 heterocycles. The van der Waals surface area contributed by atoms with Crippen molar-refractivity contribution in [1.82, 2.24) is 0 Å². The molecule has 0 rings (SSSR count). The van der Waals surface area contributed by atoms with Gasteiger partial charge in [-0.05, 0) is 45.3 Å². The largest absolute Gasteiger partial charge is 0.370 e. The van der Waals surface area contributed by atoms with Gasteiger partial charge in [-0.15, -0.1) is 0 Å². The molecule has 0 aromatic rings. The summed E-state index contributed by atoms with van der Waals surface area (Å²) in [6.45, 7) is 1.99. The third kappa shape index (κ3) is 45.1. The fourth-order valence-corrected chi connectivity index (χ4v) is 2.06. The average Bonchev–Trinajstić information content (AvgIpc) is 2.47. The van der Waals surface area contributed by atoms with E-state index < -0.39 is 20.2 Å². The number of unbranched alkanes of at least 4 members (excludes halogenated alkanes) is 1. The highest BCUT2D eigenvalue weighted by Gasteiger charge is 2.01. The van der Waals surface area contributed by atoms with Gasteiger partial charge in [-0.3, -0.25) is 14.1 Å². The van der Waals surface area contributed by atoms with Crippen molar-refractivity contribution in [2.24, 2.45) is 33.7 Å². The molecule has 0 aliphatic carbocycles. The van der Waals surface area contributed by atoms with Crippen LogP contribution in [0.4, 0.5) is 0 Å². The van der Waals surface area contributed by atoms with Gasteiger partial charge in [-0.25, -0.2) is 0 Å². The third-order valence-corrected chi connectivity index (χ3v) is 3.73. The van der Waals surface area contributed by atoms with Crippen molar-refractivity contribution in [1.29, 1.82) is 0 Å². The third-order valence-electron chi connectivity index (χ3n) is 2.12. The second-order valence-electron chi connectivity index (χ2n) is 4.66. The van der Waals surface area contributed by atoms with E-state index in [2.05, 4.69) is 4.99 Å². The van der Waals surface area contributed by atoms with Crippen LogP contribution in [0.15, 0.2) is 4.99 Å². The molecule has 0 radical (unpaired) electrons. The predicted octanol–water partition coefficient (Wildman–Crippen LogP) is -2.56. The summed E-state index contributed by atoms with van der Waals surface area (Å²) in [6, 6.07) is 0. The van der Waals surface area contributed by atoms with E-state index in [1.165, 1.54) is 0 Å². The first-order chi connectivity index (χ1) is 11.4. The van der Waals surface area contributed by atoms with Gasteiger partial charge in [-0.1, -0.05) is 0 Å². The Bertz CT molecular complexity index is 483. The maximum atomic E-state index is 9.89. The molecule has 0 amide bonds. The van der Waals surface area contributed by atoms with Gasteiger partial charge in [-0.2, -0.15) is 16.8 Å². The Kier molecular flexibility index (Phi) is 20.5. The fourth-order valence-electron chi connectivity index (χ4n) is 0.996. The first-order valence-corrected chi connectivity index (χ1v) is 10.7. The summed E-state index contributed by atoms with van der Waals surface area (Å²) >= 11 is 0. The lowest BCUT2D eigenvalue weighted by Crippen LogP contribution is -2.23. The quantitative estimate of drug-likeness (QED) is 0.0856. The predicted molar refractivity (Wildman–Crippen MR) is 99.1 cm³/mol. The zero-order chi connectivity index (χ0) is 20.4. The number of aliphatic imine (C=N–C) groups is 1. The maximum absolute atomic E-state index is 9.89. The van der Waals surface area contributed by atoms with E-state index in [4.69, 9.17) is 37.8 Å². The molecule has 12 nitrogen and oxygen atoms in total. The van der Waals surface area contributed by atoms with E-state index >= 15 is 0 Å². The van der Waals surface area contributed by atoms with E-state index in [1.807, 2.05) is 0 Å². The number of nitrogens with two attached hydrogens (primary N) is 5.